The van der Waals surface area contributed by atoms with Crippen molar-refractivity contribution in [3.8, 4) is 5.69 Å². The molecule has 0 aliphatic carbocycles. The van der Waals surface area contributed by atoms with Crippen LogP contribution < -0.4 is 0 Å². The number of benzene rings is 2. The van der Waals surface area contributed by atoms with Gasteiger partial charge in [0.25, 0.3) is 11.1 Å². The van der Waals surface area contributed by atoms with Crippen LogP contribution >= 0.6 is 34.4 Å². The first kappa shape index (κ1) is 24.3. The lowest BCUT2D eigenvalue weighted by Crippen LogP contribution is -2.27. The summed E-state index contributed by atoms with van der Waals surface area (Å²) < 4.78 is 8.20. The molecule has 6 nitrogen and oxygen atoms in total. The number of halogens is 1. The van der Waals surface area contributed by atoms with Gasteiger partial charge in [-0.05, 0) is 115 Å². The van der Waals surface area contributed by atoms with E-state index in [2.05, 4.69) is 27.2 Å². The number of esters is 1. The van der Waals surface area contributed by atoms with Crippen LogP contribution in [0, 0.1) is 17.4 Å². The van der Waals surface area contributed by atoms with Gasteiger partial charge in [0, 0.05) is 20.6 Å². The summed E-state index contributed by atoms with van der Waals surface area (Å²) in [5.41, 5.74) is 5.08. The molecule has 8 heteroatoms. The number of aryl methyl sites for hydroxylation is 1. The van der Waals surface area contributed by atoms with E-state index in [1.165, 1.54) is 4.90 Å². The minimum atomic E-state index is -0.350. The number of imide groups is 1. The number of amides is 2. The maximum absolute atomic E-state index is 13.0. The number of ether oxygens (including phenoxy) is 1. The monoisotopic (exact) mass is 586 g/mol. The van der Waals surface area contributed by atoms with Crippen molar-refractivity contribution in [2.45, 2.75) is 27.3 Å². The summed E-state index contributed by atoms with van der Waals surface area (Å²) in [6.07, 6.45) is 1.78. The Morgan fingerprint density at radius 3 is 2.38 bits per heavy atom. The molecule has 0 unspecified atom stereocenters. The van der Waals surface area contributed by atoms with E-state index in [-0.39, 0.29) is 23.7 Å². The lowest BCUT2D eigenvalue weighted by Gasteiger charge is -2.12. The second-order valence-corrected chi connectivity index (χ2v) is 10.1. The van der Waals surface area contributed by atoms with Crippen molar-refractivity contribution >= 4 is 57.5 Å². The van der Waals surface area contributed by atoms with Crippen LogP contribution in [0.4, 0.5) is 4.79 Å². The number of hydrogen-bond donors (Lipinski definition) is 0. The first-order valence-corrected chi connectivity index (χ1v) is 12.6. The number of thioether (sulfide) groups is 1. The fraction of sp³-hybridized carbons (Fsp3) is 0.192. The summed E-state index contributed by atoms with van der Waals surface area (Å²) in [5, 5.41) is -0.266. The molecule has 4 rings (SSSR count). The SMILES string of the molecule is CCOC(=O)c1ccc(-n2c(C)cc(/C=C3\SC(=O)N(Cc4ccc(I)cc4)C3=O)c2C)cc1. The molecule has 1 saturated heterocycles. The Bertz CT molecular complexity index is 1290. The molecule has 1 fully saturated rings. The molecule has 3 aromatic rings. The molecule has 2 amide bonds. The van der Waals surface area contributed by atoms with Crippen LogP contribution in [-0.4, -0.2) is 33.2 Å². The fourth-order valence-electron chi connectivity index (χ4n) is 3.84. The van der Waals surface area contributed by atoms with Crippen molar-refractivity contribution in [1.82, 2.24) is 9.47 Å². The van der Waals surface area contributed by atoms with Gasteiger partial charge in [0.1, 0.15) is 0 Å². The van der Waals surface area contributed by atoms with Gasteiger partial charge in [-0.25, -0.2) is 4.79 Å². The lowest BCUT2D eigenvalue weighted by atomic mass is 10.2. The molecule has 0 saturated carbocycles. The van der Waals surface area contributed by atoms with Crippen LogP contribution in [0.1, 0.15) is 39.8 Å². The molecule has 0 spiro atoms. The molecule has 174 valence electrons. The smallest absolute Gasteiger partial charge is 0.338 e. The van der Waals surface area contributed by atoms with Gasteiger partial charge in [-0.2, -0.15) is 0 Å². The van der Waals surface area contributed by atoms with E-state index in [9.17, 15) is 14.4 Å². The van der Waals surface area contributed by atoms with Gasteiger partial charge >= 0.3 is 5.97 Å². The number of nitrogens with zero attached hydrogens (tertiary/aromatic N) is 2. The second-order valence-electron chi connectivity index (χ2n) is 7.82. The molecule has 1 aromatic heterocycles. The van der Waals surface area contributed by atoms with Crippen LogP contribution in [0.2, 0.25) is 0 Å². The van der Waals surface area contributed by atoms with Crippen LogP contribution in [-0.2, 0) is 16.1 Å². The molecule has 1 aliphatic rings. The molecule has 2 heterocycles. The van der Waals surface area contributed by atoms with Crippen LogP contribution in [0.5, 0.6) is 0 Å². The van der Waals surface area contributed by atoms with E-state index in [4.69, 9.17) is 4.74 Å². The molecule has 2 aromatic carbocycles. The van der Waals surface area contributed by atoms with Gasteiger partial charge in [-0.1, -0.05) is 12.1 Å². The second kappa shape index (κ2) is 10.2. The first-order valence-electron chi connectivity index (χ1n) is 10.7. The normalized spacial score (nSPS) is 14.8. The lowest BCUT2D eigenvalue weighted by molar-refractivity contribution is -0.123. The quantitative estimate of drug-likeness (QED) is 0.198. The summed E-state index contributed by atoms with van der Waals surface area (Å²) in [4.78, 5) is 39.2. The molecule has 34 heavy (non-hydrogen) atoms. The maximum Gasteiger partial charge on any atom is 0.338 e. The highest BCUT2D eigenvalue weighted by Crippen LogP contribution is 2.34. The fourth-order valence-corrected chi connectivity index (χ4v) is 5.03. The van der Waals surface area contributed by atoms with Crippen LogP contribution in [0.15, 0.2) is 59.5 Å². The Labute approximate surface area is 216 Å². The van der Waals surface area contributed by atoms with Gasteiger partial charge in [-0.15, -0.1) is 0 Å². The highest BCUT2D eigenvalue weighted by molar-refractivity contribution is 14.1. The van der Waals surface area contributed by atoms with Crippen molar-refractivity contribution in [2.75, 3.05) is 6.61 Å². The molecule has 0 N–H and O–H groups in total. The van der Waals surface area contributed by atoms with E-state index in [0.717, 1.165) is 43.5 Å². The Morgan fingerprint density at radius 2 is 1.74 bits per heavy atom. The van der Waals surface area contributed by atoms with Crippen molar-refractivity contribution in [3.63, 3.8) is 0 Å². The number of rotatable bonds is 6. The van der Waals surface area contributed by atoms with E-state index < -0.39 is 0 Å². The van der Waals surface area contributed by atoms with E-state index in [0.29, 0.717) is 17.1 Å². The Kier molecular flexibility index (Phi) is 7.27. The Hall–Kier alpha value is -2.85. The molecule has 0 radical (unpaired) electrons. The minimum absolute atomic E-state index is 0.255. The maximum atomic E-state index is 13.0. The topological polar surface area (TPSA) is 68.6 Å². The third kappa shape index (κ3) is 4.97. The molecule has 1 aliphatic heterocycles. The largest absolute Gasteiger partial charge is 0.462 e. The third-order valence-electron chi connectivity index (χ3n) is 5.52. The zero-order chi connectivity index (χ0) is 24.4. The number of hydrogen-bond acceptors (Lipinski definition) is 5. The van der Waals surface area contributed by atoms with Gasteiger partial charge in [0.15, 0.2) is 0 Å². The van der Waals surface area contributed by atoms with E-state index in [1.54, 1.807) is 25.1 Å². The van der Waals surface area contributed by atoms with Crippen molar-refractivity contribution in [1.29, 1.82) is 0 Å². The third-order valence-corrected chi connectivity index (χ3v) is 7.15. The molecule has 0 bridgehead atoms. The number of carbonyl (C=O) groups excluding carboxylic acids is 3. The molecular weight excluding hydrogens is 563 g/mol. The van der Waals surface area contributed by atoms with E-state index in [1.807, 2.05) is 56.3 Å². The van der Waals surface area contributed by atoms with Crippen LogP contribution in [0.25, 0.3) is 11.8 Å². The summed E-state index contributed by atoms with van der Waals surface area (Å²) >= 11 is 3.19. The summed E-state index contributed by atoms with van der Waals surface area (Å²) in [6, 6.07) is 17.0. The number of aromatic nitrogens is 1. The van der Waals surface area contributed by atoms with Crippen LogP contribution in [0.3, 0.4) is 0 Å². The Balaban J connectivity index is 1.57. The van der Waals surface area contributed by atoms with E-state index >= 15 is 0 Å². The van der Waals surface area contributed by atoms with Crippen molar-refractivity contribution in [2.24, 2.45) is 0 Å². The zero-order valence-electron chi connectivity index (χ0n) is 19.0. The minimum Gasteiger partial charge on any atom is -0.462 e. The van der Waals surface area contributed by atoms with Crippen molar-refractivity contribution < 1.29 is 19.1 Å². The van der Waals surface area contributed by atoms with Crippen molar-refractivity contribution in [3.05, 3.63) is 91.2 Å². The van der Waals surface area contributed by atoms with Gasteiger partial charge in [-0.3, -0.25) is 14.5 Å². The summed E-state index contributed by atoms with van der Waals surface area (Å²) in [5.74, 6) is -0.631. The van der Waals surface area contributed by atoms with Gasteiger partial charge in [0.2, 0.25) is 0 Å². The predicted molar refractivity (Wildman–Crippen MR) is 142 cm³/mol. The molecular formula is C26H23IN2O4S. The standard InChI is InChI=1S/C26H23IN2O4S/c1-4-33-25(31)19-7-11-22(12-8-19)29-16(2)13-20(17(29)3)14-23-24(30)28(26(32)34-23)15-18-5-9-21(27)10-6-18/h5-14H,4,15H2,1-3H3/b23-14-. The summed E-state index contributed by atoms with van der Waals surface area (Å²) in [7, 11) is 0. The first-order chi connectivity index (χ1) is 16.3. The average molecular weight is 586 g/mol. The Morgan fingerprint density at radius 1 is 1.06 bits per heavy atom. The zero-order valence-corrected chi connectivity index (χ0v) is 22.0. The van der Waals surface area contributed by atoms with Gasteiger partial charge in [0.05, 0.1) is 23.6 Å². The average Bonchev–Trinajstić information content (AvgIpc) is 3.24. The number of carbonyl (C=O) groups is 3. The highest BCUT2D eigenvalue weighted by atomic mass is 127. The summed E-state index contributed by atoms with van der Waals surface area (Å²) in [6.45, 7) is 6.30. The van der Waals surface area contributed by atoms with Gasteiger partial charge < -0.3 is 9.30 Å². The molecule has 0 atom stereocenters. The predicted octanol–water partition coefficient (Wildman–Crippen LogP) is 6.11. The highest BCUT2D eigenvalue weighted by Gasteiger charge is 2.35.